The van der Waals surface area contributed by atoms with Crippen molar-refractivity contribution in [1.82, 2.24) is 14.3 Å². The van der Waals surface area contributed by atoms with Gasteiger partial charge in [0.05, 0.1) is 5.75 Å². The van der Waals surface area contributed by atoms with Gasteiger partial charge in [0.1, 0.15) is 11.6 Å². The molecule has 2 aliphatic heterocycles. The molecule has 2 fully saturated rings. The molecule has 0 saturated carbocycles. The molecular weight excluding hydrogens is 405 g/mol. The van der Waals surface area contributed by atoms with Gasteiger partial charge in [-0.2, -0.15) is 9.29 Å². The highest BCUT2D eigenvalue weighted by Gasteiger charge is 2.28. The maximum absolute atomic E-state index is 13.4. The van der Waals surface area contributed by atoms with E-state index in [4.69, 9.17) is 4.98 Å². The smallest absolute Gasteiger partial charge is 0.227 e. The summed E-state index contributed by atoms with van der Waals surface area (Å²) in [6.45, 7) is 5.81. The van der Waals surface area contributed by atoms with Crippen molar-refractivity contribution in [2.45, 2.75) is 31.9 Å². The van der Waals surface area contributed by atoms with Crippen LogP contribution < -0.4 is 9.80 Å². The number of benzene rings is 1. The zero-order valence-electron chi connectivity index (χ0n) is 17.3. The highest BCUT2D eigenvalue weighted by Crippen LogP contribution is 2.23. The summed E-state index contributed by atoms with van der Waals surface area (Å²) >= 11 is 0. The minimum Gasteiger partial charge on any atom is -0.356 e. The topological polar surface area (TPSA) is 69.6 Å². The van der Waals surface area contributed by atoms with Crippen molar-refractivity contribution in [1.29, 1.82) is 0 Å². The number of hydrogen-bond acceptors (Lipinski definition) is 6. The van der Waals surface area contributed by atoms with E-state index in [0.717, 1.165) is 24.6 Å². The van der Waals surface area contributed by atoms with E-state index in [1.165, 1.54) is 41.8 Å². The van der Waals surface area contributed by atoms with Crippen molar-refractivity contribution in [3.63, 3.8) is 0 Å². The Balaban J connectivity index is 1.42. The molecule has 3 heterocycles. The molecule has 0 atom stereocenters. The van der Waals surface area contributed by atoms with Gasteiger partial charge in [-0.3, -0.25) is 0 Å². The summed E-state index contributed by atoms with van der Waals surface area (Å²) in [6, 6.07) is 7.78. The van der Waals surface area contributed by atoms with E-state index in [-0.39, 0.29) is 5.75 Å². The van der Waals surface area contributed by atoms with Crippen LogP contribution in [0.25, 0.3) is 0 Å². The lowest BCUT2D eigenvalue weighted by molar-refractivity contribution is 0.382. The number of piperidine rings is 1. The molecule has 0 radical (unpaired) electrons. The van der Waals surface area contributed by atoms with Gasteiger partial charge in [0.15, 0.2) is 0 Å². The summed E-state index contributed by atoms with van der Waals surface area (Å²) in [5.74, 6) is 1.01. The third-order valence-corrected chi connectivity index (χ3v) is 7.51. The van der Waals surface area contributed by atoms with Crippen LogP contribution in [0.4, 0.5) is 16.2 Å². The number of hydrogen-bond donors (Lipinski definition) is 0. The summed E-state index contributed by atoms with van der Waals surface area (Å²) in [5.41, 5.74) is 1.38. The second kappa shape index (κ2) is 8.85. The van der Waals surface area contributed by atoms with Crippen LogP contribution in [-0.4, -0.2) is 62.0 Å². The molecule has 0 bridgehead atoms. The van der Waals surface area contributed by atoms with Gasteiger partial charge in [0.25, 0.3) is 0 Å². The number of nitrogens with zero attached hydrogens (tertiary/aromatic N) is 5. The molecule has 30 heavy (non-hydrogen) atoms. The predicted octanol–water partition coefficient (Wildman–Crippen LogP) is 2.57. The number of aryl methyl sites for hydroxylation is 1. The van der Waals surface area contributed by atoms with Crippen molar-refractivity contribution in [3.8, 4) is 0 Å². The van der Waals surface area contributed by atoms with Crippen molar-refractivity contribution < 1.29 is 12.8 Å². The predicted molar refractivity (Wildman–Crippen MR) is 116 cm³/mol. The van der Waals surface area contributed by atoms with Crippen LogP contribution in [0.15, 0.2) is 30.3 Å². The summed E-state index contributed by atoms with van der Waals surface area (Å²) in [7, 11) is -3.50. The van der Waals surface area contributed by atoms with Gasteiger partial charge >= 0.3 is 0 Å². The second-order valence-electron chi connectivity index (χ2n) is 7.99. The fourth-order valence-corrected chi connectivity index (χ4v) is 5.56. The fraction of sp³-hybridized carbons (Fsp3) is 0.524. The summed E-state index contributed by atoms with van der Waals surface area (Å²) in [6.07, 6.45) is 3.62. The first-order valence-electron chi connectivity index (χ1n) is 10.5. The molecule has 4 rings (SSSR count). The van der Waals surface area contributed by atoms with Crippen LogP contribution in [0, 0.1) is 12.7 Å². The molecule has 9 heteroatoms. The maximum Gasteiger partial charge on any atom is 0.227 e. The monoisotopic (exact) mass is 433 g/mol. The fourth-order valence-electron chi connectivity index (χ4n) is 4.06. The Bertz CT molecular complexity index is 987. The quantitative estimate of drug-likeness (QED) is 0.722. The van der Waals surface area contributed by atoms with Crippen molar-refractivity contribution in [2.24, 2.45) is 0 Å². The van der Waals surface area contributed by atoms with E-state index in [9.17, 15) is 12.8 Å². The SMILES string of the molecule is Cc1cc(N2CCCCC2)nc(N2CCN(S(=O)(=O)Cc3cccc(F)c3)CC2)n1. The third-order valence-electron chi connectivity index (χ3n) is 5.66. The van der Waals surface area contributed by atoms with Gasteiger partial charge < -0.3 is 9.80 Å². The van der Waals surface area contributed by atoms with E-state index in [0.29, 0.717) is 37.7 Å². The minimum atomic E-state index is -3.50. The van der Waals surface area contributed by atoms with Crippen molar-refractivity contribution in [3.05, 3.63) is 47.4 Å². The summed E-state index contributed by atoms with van der Waals surface area (Å²) in [4.78, 5) is 13.7. The Hall–Kier alpha value is -2.26. The molecule has 7 nitrogen and oxygen atoms in total. The van der Waals surface area contributed by atoms with Crippen molar-refractivity contribution >= 4 is 21.8 Å². The van der Waals surface area contributed by atoms with Crippen LogP contribution in [0.1, 0.15) is 30.5 Å². The number of anilines is 2. The number of halogens is 1. The molecule has 0 N–H and O–H groups in total. The Morgan fingerprint density at radius 3 is 2.37 bits per heavy atom. The molecule has 0 amide bonds. The van der Waals surface area contributed by atoms with Gasteiger partial charge in [-0.1, -0.05) is 12.1 Å². The van der Waals surface area contributed by atoms with Crippen LogP contribution in [0.5, 0.6) is 0 Å². The molecule has 1 aromatic carbocycles. The molecule has 162 valence electrons. The highest BCUT2D eigenvalue weighted by molar-refractivity contribution is 7.88. The van der Waals surface area contributed by atoms with E-state index in [1.54, 1.807) is 6.07 Å². The van der Waals surface area contributed by atoms with Gasteiger partial charge in [0, 0.05) is 51.0 Å². The number of piperazine rings is 1. The first-order valence-corrected chi connectivity index (χ1v) is 12.1. The summed E-state index contributed by atoms with van der Waals surface area (Å²) in [5, 5.41) is 0. The van der Waals surface area contributed by atoms with Crippen LogP contribution in [0.2, 0.25) is 0 Å². The summed E-state index contributed by atoms with van der Waals surface area (Å²) < 4.78 is 40.4. The number of aromatic nitrogens is 2. The van der Waals surface area contributed by atoms with Crippen LogP contribution >= 0.6 is 0 Å². The van der Waals surface area contributed by atoms with E-state index >= 15 is 0 Å². The first kappa shape index (κ1) is 21.0. The van der Waals surface area contributed by atoms with E-state index < -0.39 is 15.8 Å². The normalized spacial score (nSPS) is 18.6. The average molecular weight is 434 g/mol. The average Bonchev–Trinajstić information content (AvgIpc) is 2.74. The Morgan fingerprint density at radius 1 is 0.933 bits per heavy atom. The minimum absolute atomic E-state index is 0.190. The molecule has 1 aromatic heterocycles. The van der Waals surface area contributed by atoms with E-state index in [1.807, 2.05) is 13.0 Å². The Morgan fingerprint density at radius 2 is 1.67 bits per heavy atom. The second-order valence-corrected chi connectivity index (χ2v) is 9.96. The lowest BCUT2D eigenvalue weighted by atomic mass is 10.1. The molecule has 2 aromatic rings. The lowest BCUT2D eigenvalue weighted by Crippen LogP contribution is -2.49. The van der Waals surface area contributed by atoms with Crippen LogP contribution in [-0.2, 0) is 15.8 Å². The molecule has 0 spiro atoms. The maximum atomic E-state index is 13.4. The molecule has 2 aliphatic rings. The van der Waals surface area contributed by atoms with Gasteiger partial charge in [-0.15, -0.1) is 0 Å². The molecule has 2 saturated heterocycles. The van der Waals surface area contributed by atoms with Crippen molar-refractivity contribution in [2.75, 3.05) is 49.1 Å². The Kier molecular flexibility index (Phi) is 6.19. The molecule has 0 aliphatic carbocycles. The van der Waals surface area contributed by atoms with E-state index in [2.05, 4.69) is 14.8 Å². The largest absolute Gasteiger partial charge is 0.356 e. The lowest BCUT2D eigenvalue weighted by Gasteiger charge is -2.35. The highest BCUT2D eigenvalue weighted by atomic mass is 32.2. The van der Waals surface area contributed by atoms with Gasteiger partial charge in [-0.25, -0.2) is 17.8 Å². The number of sulfonamides is 1. The first-order chi connectivity index (χ1) is 14.4. The standard InChI is InChI=1S/C21H28FN5O2S/c1-17-14-20(25-8-3-2-4-9-25)24-21(23-17)26-10-12-27(13-11-26)30(28,29)16-18-6-5-7-19(22)15-18/h5-7,14-15H,2-4,8-13,16H2,1H3. The third kappa shape index (κ3) is 4.89. The zero-order chi connectivity index (χ0) is 21.1. The number of rotatable bonds is 5. The Labute approximate surface area is 177 Å². The molecular formula is C21H28FN5O2S. The molecule has 0 unspecified atom stereocenters. The van der Waals surface area contributed by atoms with Gasteiger partial charge in [-0.05, 0) is 43.9 Å². The van der Waals surface area contributed by atoms with Crippen LogP contribution in [0.3, 0.4) is 0 Å². The van der Waals surface area contributed by atoms with Gasteiger partial charge in [0.2, 0.25) is 16.0 Å². The zero-order valence-corrected chi connectivity index (χ0v) is 18.1.